The van der Waals surface area contributed by atoms with Crippen LogP contribution in [0.15, 0.2) is 60.8 Å². The average molecular weight is 783 g/mol. The number of rotatable bonds is 9. The largest absolute Gasteiger partial charge is 0.369 e. The molecule has 16 heteroatoms. The topological polar surface area (TPSA) is 174 Å². The number of imide groups is 2. The Hall–Kier alpha value is -6.42. The lowest BCUT2D eigenvalue weighted by molar-refractivity contribution is -0.136. The van der Waals surface area contributed by atoms with Crippen molar-refractivity contribution in [3.05, 3.63) is 83.2 Å². The van der Waals surface area contributed by atoms with Crippen molar-refractivity contribution < 1.29 is 19.2 Å². The molecular formula is C42H46N12O4. The molecule has 9 rings (SSSR count). The highest BCUT2D eigenvalue weighted by atomic mass is 16.2. The third-order valence-electron chi connectivity index (χ3n) is 11.9. The van der Waals surface area contributed by atoms with E-state index in [1.807, 2.05) is 19.3 Å². The predicted molar refractivity (Wildman–Crippen MR) is 220 cm³/mol. The highest BCUT2D eigenvalue weighted by Crippen LogP contribution is 2.32. The SMILES string of the molecule is Cc1cccc(C)c1Nc1nn(C)c2nc(Nc3ccc(N4CCN(CC5CCN(c6ccc7c(n6)C(=O)N(C6CCC(=O)NC6=O)C7=O)CC5)CC4)cc3)ncc12. The second kappa shape index (κ2) is 15.2. The molecule has 16 nitrogen and oxygen atoms in total. The lowest BCUT2D eigenvalue weighted by atomic mass is 9.95. The molecule has 7 heterocycles. The van der Waals surface area contributed by atoms with Gasteiger partial charge in [-0.2, -0.15) is 10.1 Å². The molecule has 0 spiro atoms. The zero-order valence-electron chi connectivity index (χ0n) is 32.9. The molecule has 4 amide bonds. The maximum Gasteiger partial charge on any atom is 0.281 e. The molecule has 298 valence electrons. The Morgan fingerprint density at radius 3 is 2.26 bits per heavy atom. The van der Waals surface area contributed by atoms with E-state index < -0.39 is 29.7 Å². The molecule has 0 saturated carbocycles. The summed E-state index contributed by atoms with van der Waals surface area (Å²) in [5, 5.41) is 14.6. The minimum absolute atomic E-state index is 0.0752. The van der Waals surface area contributed by atoms with Crippen LogP contribution in [0.25, 0.3) is 11.0 Å². The number of pyridine rings is 1. The number of fused-ring (bicyclic) bond motifs is 2. The zero-order valence-corrected chi connectivity index (χ0v) is 32.9. The van der Waals surface area contributed by atoms with Gasteiger partial charge in [-0.05, 0) is 86.6 Å². The van der Waals surface area contributed by atoms with Crippen molar-refractivity contribution in [2.75, 3.05) is 66.2 Å². The zero-order chi connectivity index (χ0) is 40.1. The van der Waals surface area contributed by atoms with Crippen molar-refractivity contribution in [3.8, 4) is 0 Å². The fourth-order valence-electron chi connectivity index (χ4n) is 8.61. The van der Waals surface area contributed by atoms with E-state index in [1.54, 1.807) is 16.8 Å². The summed E-state index contributed by atoms with van der Waals surface area (Å²) in [4.78, 5) is 72.5. The number of carbonyl (C=O) groups is 4. The number of amides is 4. The van der Waals surface area contributed by atoms with Crippen molar-refractivity contribution in [3.63, 3.8) is 0 Å². The van der Waals surface area contributed by atoms with Crippen LogP contribution in [0.4, 0.5) is 34.6 Å². The van der Waals surface area contributed by atoms with Gasteiger partial charge in [0.25, 0.3) is 11.8 Å². The van der Waals surface area contributed by atoms with Crippen LogP contribution in [0, 0.1) is 19.8 Å². The van der Waals surface area contributed by atoms with Crippen LogP contribution in [0.5, 0.6) is 0 Å². The number of benzene rings is 2. The molecule has 4 aliphatic heterocycles. The lowest BCUT2D eigenvalue weighted by Gasteiger charge is -2.40. The number of anilines is 6. The summed E-state index contributed by atoms with van der Waals surface area (Å²) in [6, 6.07) is 17.1. The van der Waals surface area contributed by atoms with Gasteiger partial charge in [0.2, 0.25) is 17.8 Å². The van der Waals surface area contributed by atoms with E-state index in [4.69, 9.17) is 4.98 Å². The normalized spacial score (nSPS) is 19.2. The van der Waals surface area contributed by atoms with Gasteiger partial charge in [0.1, 0.15) is 17.6 Å². The van der Waals surface area contributed by atoms with Gasteiger partial charge in [-0.15, -0.1) is 0 Å². The maximum absolute atomic E-state index is 13.3. The molecular weight excluding hydrogens is 737 g/mol. The number of piperidine rings is 2. The van der Waals surface area contributed by atoms with E-state index in [1.165, 1.54) is 5.69 Å². The second-order valence-corrected chi connectivity index (χ2v) is 15.7. The Morgan fingerprint density at radius 2 is 1.53 bits per heavy atom. The van der Waals surface area contributed by atoms with Crippen LogP contribution in [0.1, 0.15) is 57.7 Å². The van der Waals surface area contributed by atoms with Crippen molar-refractivity contribution in [1.82, 2.24) is 39.8 Å². The molecule has 4 aliphatic rings. The Balaban J connectivity index is 0.747. The molecule has 2 aromatic carbocycles. The number of piperazine rings is 1. The van der Waals surface area contributed by atoms with E-state index in [9.17, 15) is 19.2 Å². The summed E-state index contributed by atoms with van der Waals surface area (Å²) in [5.41, 5.74) is 6.45. The third-order valence-corrected chi connectivity index (χ3v) is 11.9. The van der Waals surface area contributed by atoms with Crippen LogP contribution in [-0.2, 0) is 16.6 Å². The molecule has 0 bridgehead atoms. The Morgan fingerprint density at radius 1 is 0.793 bits per heavy atom. The molecule has 1 atom stereocenters. The Kier molecular flexibility index (Phi) is 9.71. The van der Waals surface area contributed by atoms with Crippen LogP contribution >= 0.6 is 0 Å². The summed E-state index contributed by atoms with van der Waals surface area (Å²) in [6.45, 7) is 10.7. The van der Waals surface area contributed by atoms with E-state index >= 15 is 0 Å². The highest BCUT2D eigenvalue weighted by molar-refractivity contribution is 6.22. The van der Waals surface area contributed by atoms with Gasteiger partial charge in [-0.1, -0.05) is 18.2 Å². The smallest absolute Gasteiger partial charge is 0.281 e. The molecule has 0 radical (unpaired) electrons. The molecule has 5 aromatic rings. The van der Waals surface area contributed by atoms with Gasteiger partial charge in [-0.25, -0.2) is 14.6 Å². The first-order valence-corrected chi connectivity index (χ1v) is 19.9. The van der Waals surface area contributed by atoms with Gasteiger partial charge < -0.3 is 20.4 Å². The van der Waals surface area contributed by atoms with Crippen LogP contribution in [-0.4, -0.2) is 110 Å². The van der Waals surface area contributed by atoms with Crippen molar-refractivity contribution in [2.24, 2.45) is 13.0 Å². The molecule has 3 fully saturated rings. The fraction of sp³-hybridized carbons (Fsp3) is 0.381. The van der Waals surface area contributed by atoms with Crippen LogP contribution < -0.4 is 25.8 Å². The summed E-state index contributed by atoms with van der Waals surface area (Å²) < 4.78 is 1.77. The van der Waals surface area contributed by atoms with Gasteiger partial charge in [0.15, 0.2) is 11.5 Å². The third kappa shape index (κ3) is 7.08. The Bertz CT molecular complexity index is 2410. The first kappa shape index (κ1) is 37.2. The Labute approximate surface area is 335 Å². The van der Waals surface area contributed by atoms with E-state index in [2.05, 4.69) is 96.0 Å². The minimum atomic E-state index is -1.00. The van der Waals surface area contributed by atoms with Gasteiger partial charge >= 0.3 is 0 Å². The highest BCUT2D eigenvalue weighted by Gasteiger charge is 2.46. The summed E-state index contributed by atoms with van der Waals surface area (Å²) in [5.74, 6) is 0.313. The minimum Gasteiger partial charge on any atom is -0.369 e. The second-order valence-electron chi connectivity index (χ2n) is 15.7. The fourth-order valence-corrected chi connectivity index (χ4v) is 8.61. The van der Waals surface area contributed by atoms with E-state index in [0.29, 0.717) is 17.7 Å². The quantitative estimate of drug-likeness (QED) is 0.181. The summed E-state index contributed by atoms with van der Waals surface area (Å²) >= 11 is 0. The first-order chi connectivity index (χ1) is 28.1. The van der Waals surface area contributed by atoms with Gasteiger partial charge in [-0.3, -0.25) is 34.3 Å². The molecule has 3 saturated heterocycles. The summed E-state index contributed by atoms with van der Waals surface area (Å²) in [7, 11) is 1.89. The molecule has 3 N–H and O–H groups in total. The van der Waals surface area contributed by atoms with Crippen molar-refractivity contribution in [1.29, 1.82) is 0 Å². The number of hydrogen-bond donors (Lipinski definition) is 3. The number of hydrogen-bond acceptors (Lipinski definition) is 13. The van der Waals surface area contributed by atoms with Gasteiger partial charge in [0.05, 0.1) is 10.9 Å². The average Bonchev–Trinajstić information content (AvgIpc) is 3.67. The number of carbonyl (C=O) groups excluding carboxylic acids is 4. The van der Waals surface area contributed by atoms with Crippen LogP contribution in [0.3, 0.4) is 0 Å². The monoisotopic (exact) mass is 782 g/mol. The number of aryl methyl sites for hydroxylation is 3. The van der Waals surface area contributed by atoms with Crippen molar-refractivity contribution >= 4 is 69.3 Å². The molecule has 1 unspecified atom stereocenters. The van der Waals surface area contributed by atoms with E-state index in [-0.39, 0.29) is 24.1 Å². The standard InChI is InChI=1S/C42H46N12O4/c1-25-5-4-6-26(2)35(25)47-37-31-23-43-42(48-38(31)50(3)49-37)44-28-7-9-29(10-8-28)52-21-19-51(20-22-52)24-27-15-17-53(18-16-27)33-13-11-30-36(45-33)41(58)54(40(30)57)32-12-14-34(55)46-39(32)56/h4-11,13,23,27,32H,12,14-22,24H2,1-3H3,(H,47,49)(H,43,44,48)(H,46,55,56). The van der Waals surface area contributed by atoms with Gasteiger partial charge in [0, 0.05) is 82.5 Å². The lowest BCUT2D eigenvalue weighted by Crippen LogP contribution is -2.54. The summed E-state index contributed by atoms with van der Waals surface area (Å²) in [6.07, 6.45) is 4.02. The number of para-hydroxylation sites is 1. The van der Waals surface area contributed by atoms with Crippen molar-refractivity contribution in [2.45, 2.75) is 45.6 Å². The van der Waals surface area contributed by atoms with Crippen LogP contribution in [0.2, 0.25) is 0 Å². The molecule has 3 aromatic heterocycles. The first-order valence-electron chi connectivity index (χ1n) is 19.9. The molecule has 58 heavy (non-hydrogen) atoms. The van der Waals surface area contributed by atoms with E-state index in [0.717, 1.165) is 103 Å². The predicted octanol–water partition coefficient (Wildman–Crippen LogP) is 4.30. The molecule has 0 aliphatic carbocycles. The maximum atomic E-state index is 13.3. The number of nitrogens with zero attached hydrogens (tertiary/aromatic N) is 9. The number of nitrogens with one attached hydrogen (secondary N) is 3. The number of aromatic nitrogens is 5.